The van der Waals surface area contributed by atoms with Crippen LogP contribution in [0.2, 0.25) is 0 Å². The van der Waals surface area contributed by atoms with Crippen LogP contribution in [0, 0.1) is 6.92 Å². The molecule has 0 atom stereocenters. The van der Waals surface area contributed by atoms with Gasteiger partial charge in [-0.1, -0.05) is 18.0 Å². The molecule has 3 heterocycles. The zero-order chi connectivity index (χ0) is 21.8. The molecule has 2 fully saturated rings. The predicted octanol–water partition coefficient (Wildman–Crippen LogP) is 2.64. The van der Waals surface area contributed by atoms with Crippen LogP contribution in [0.4, 0.5) is 11.4 Å². The molecule has 0 unspecified atom stereocenters. The molecule has 2 aliphatic rings. The van der Waals surface area contributed by atoms with Gasteiger partial charge in [0.15, 0.2) is 5.69 Å². The van der Waals surface area contributed by atoms with Crippen molar-refractivity contribution in [2.45, 2.75) is 37.5 Å². The van der Waals surface area contributed by atoms with E-state index in [2.05, 4.69) is 15.4 Å². The number of benzene rings is 1. The Labute approximate surface area is 182 Å². The van der Waals surface area contributed by atoms with E-state index in [1.165, 1.54) is 17.1 Å². The first-order valence-electron chi connectivity index (χ1n) is 10.7. The molecular formula is C21H28N4O5S. The van der Waals surface area contributed by atoms with Gasteiger partial charge >= 0.3 is 0 Å². The number of hydrogen-bond donors (Lipinski definition) is 1. The van der Waals surface area contributed by atoms with Crippen LogP contribution in [0.5, 0.6) is 0 Å². The van der Waals surface area contributed by atoms with Gasteiger partial charge in [0.2, 0.25) is 10.0 Å². The van der Waals surface area contributed by atoms with Gasteiger partial charge in [0.05, 0.1) is 29.5 Å². The van der Waals surface area contributed by atoms with E-state index >= 15 is 0 Å². The second kappa shape index (κ2) is 9.37. The lowest BCUT2D eigenvalue weighted by molar-refractivity contribution is 0.0730. The van der Waals surface area contributed by atoms with Crippen molar-refractivity contribution >= 4 is 27.3 Å². The number of morpholine rings is 1. The number of nitrogens with one attached hydrogen (secondary N) is 1. The van der Waals surface area contributed by atoms with Crippen LogP contribution in [-0.4, -0.2) is 63.2 Å². The SMILES string of the molecule is Cc1cc(C(=O)Nc2cc(S(=O)(=O)N3CCOCC3)ccc2N2CCCCCC2)no1. The van der Waals surface area contributed by atoms with Crippen molar-refractivity contribution in [3.8, 4) is 0 Å². The Kier molecular flexibility index (Phi) is 6.59. The number of aryl methyl sites for hydroxylation is 1. The molecule has 10 heteroatoms. The number of aromatic nitrogens is 1. The van der Waals surface area contributed by atoms with Crippen LogP contribution >= 0.6 is 0 Å². The summed E-state index contributed by atoms with van der Waals surface area (Å²) in [6.45, 7) is 4.82. The Hall–Kier alpha value is -2.43. The van der Waals surface area contributed by atoms with Crippen LogP contribution in [0.3, 0.4) is 0 Å². The predicted molar refractivity (Wildman–Crippen MR) is 116 cm³/mol. The highest BCUT2D eigenvalue weighted by Crippen LogP contribution is 2.32. The Morgan fingerprint density at radius 3 is 2.39 bits per heavy atom. The third-order valence-corrected chi connectivity index (χ3v) is 7.53. The average molecular weight is 449 g/mol. The second-order valence-electron chi connectivity index (χ2n) is 7.87. The Morgan fingerprint density at radius 2 is 1.74 bits per heavy atom. The monoisotopic (exact) mass is 448 g/mol. The van der Waals surface area contributed by atoms with Gasteiger partial charge in [0.1, 0.15) is 5.76 Å². The summed E-state index contributed by atoms with van der Waals surface area (Å²) in [6.07, 6.45) is 4.45. The quantitative estimate of drug-likeness (QED) is 0.750. The standard InChI is InChI=1S/C21H28N4O5S/c1-16-14-19(23-30-16)21(26)22-18-15-17(31(27,28)25-10-12-29-13-11-25)6-7-20(18)24-8-4-2-3-5-9-24/h6-7,14-15H,2-5,8-13H2,1H3,(H,22,26). The molecule has 0 bridgehead atoms. The molecule has 1 amide bonds. The maximum absolute atomic E-state index is 13.2. The highest BCUT2D eigenvalue weighted by Gasteiger charge is 2.28. The molecule has 0 radical (unpaired) electrons. The van der Waals surface area contributed by atoms with Crippen LogP contribution in [-0.2, 0) is 14.8 Å². The number of carbonyl (C=O) groups excluding carboxylic acids is 1. The van der Waals surface area contributed by atoms with Crippen molar-refractivity contribution in [1.29, 1.82) is 0 Å². The molecule has 2 aliphatic heterocycles. The van der Waals surface area contributed by atoms with Crippen molar-refractivity contribution < 1.29 is 22.5 Å². The number of nitrogens with zero attached hydrogens (tertiary/aromatic N) is 3. The van der Waals surface area contributed by atoms with E-state index in [1.807, 2.05) is 0 Å². The fourth-order valence-corrected chi connectivity index (χ4v) is 5.39. The molecule has 1 N–H and O–H groups in total. The molecule has 0 saturated carbocycles. The van der Waals surface area contributed by atoms with Crippen molar-refractivity contribution in [1.82, 2.24) is 9.46 Å². The molecule has 0 spiro atoms. The molecule has 2 saturated heterocycles. The maximum Gasteiger partial charge on any atom is 0.277 e. The third-order valence-electron chi connectivity index (χ3n) is 5.63. The summed E-state index contributed by atoms with van der Waals surface area (Å²) >= 11 is 0. The van der Waals surface area contributed by atoms with E-state index in [0.29, 0.717) is 37.8 Å². The Morgan fingerprint density at radius 1 is 1.03 bits per heavy atom. The number of ether oxygens (including phenoxy) is 1. The topological polar surface area (TPSA) is 105 Å². The molecule has 31 heavy (non-hydrogen) atoms. The molecule has 0 aliphatic carbocycles. The fraction of sp³-hybridized carbons (Fsp3) is 0.524. The van der Waals surface area contributed by atoms with Crippen molar-refractivity contribution in [3.05, 3.63) is 35.7 Å². The highest BCUT2D eigenvalue weighted by atomic mass is 32.2. The average Bonchev–Trinajstić information content (AvgIpc) is 3.04. The summed E-state index contributed by atoms with van der Waals surface area (Å²) in [5.41, 5.74) is 1.43. The summed E-state index contributed by atoms with van der Waals surface area (Å²) in [4.78, 5) is 15.1. The summed E-state index contributed by atoms with van der Waals surface area (Å²) in [5, 5.41) is 6.64. The lowest BCUT2D eigenvalue weighted by Gasteiger charge is -2.28. The third kappa shape index (κ3) is 4.91. The van der Waals surface area contributed by atoms with Gasteiger partial charge in [-0.15, -0.1) is 0 Å². The van der Waals surface area contributed by atoms with E-state index in [0.717, 1.165) is 31.6 Å². The molecular weight excluding hydrogens is 420 g/mol. The van der Waals surface area contributed by atoms with Crippen LogP contribution in [0.1, 0.15) is 41.9 Å². The normalized spacial score (nSPS) is 18.5. The van der Waals surface area contributed by atoms with E-state index < -0.39 is 15.9 Å². The largest absolute Gasteiger partial charge is 0.379 e. The molecule has 168 valence electrons. The van der Waals surface area contributed by atoms with Crippen molar-refractivity contribution in [2.24, 2.45) is 0 Å². The summed E-state index contributed by atoms with van der Waals surface area (Å²) < 4.78 is 38.0. The van der Waals surface area contributed by atoms with Gasteiger partial charge < -0.3 is 19.5 Å². The number of carbonyl (C=O) groups is 1. The second-order valence-corrected chi connectivity index (χ2v) is 9.81. The minimum atomic E-state index is -3.69. The first-order chi connectivity index (χ1) is 14.9. The van der Waals surface area contributed by atoms with Gasteiger partial charge in [-0.2, -0.15) is 4.31 Å². The molecule has 4 rings (SSSR count). The highest BCUT2D eigenvalue weighted by molar-refractivity contribution is 7.89. The van der Waals surface area contributed by atoms with Gasteiger partial charge in [-0.25, -0.2) is 8.42 Å². The van der Waals surface area contributed by atoms with Gasteiger partial charge in [-0.3, -0.25) is 4.79 Å². The number of hydrogen-bond acceptors (Lipinski definition) is 7. The number of amides is 1. The number of anilines is 2. The van der Waals surface area contributed by atoms with Crippen LogP contribution in [0.25, 0.3) is 0 Å². The van der Waals surface area contributed by atoms with Crippen LogP contribution in [0.15, 0.2) is 33.7 Å². The van der Waals surface area contributed by atoms with Crippen molar-refractivity contribution in [2.75, 3.05) is 49.6 Å². The fourth-order valence-electron chi connectivity index (χ4n) is 3.96. The Balaban J connectivity index is 1.68. The summed E-state index contributed by atoms with van der Waals surface area (Å²) in [5.74, 6) is 0.0929. The Bertz CT molecular complexity index is 1020. The molecule has 1 aromatic carbocycles. The summed E-state index contributed by atoms with van der Waals surface area (Å²) in [6, 6.07) is 6.52. The van der Waals surface area contributed by atoms with Gasteiger partial charge in [0.25, 0.3) is 5.91 Å². The zero-order valence-electron chi connectivity index (χ0n) is 17.7. The maximum atomic E-state index is 13.2. The van der Waals surface area contributed by atoms with E-state index in [-0.39, 0.29) is 10.6 Å². The lowest BCUT2D eigenvalue weighted by Crippen LogP contribution is -2.40. The molecule has 1 aromatic heterocycles. The molecule has 2 aromatic rings. The van der Waals surface area contributed by atoms with E-state index in [9.17, 15) is 13.2 Å². The minimum Gasteiger partial charge on any atom is -0.379 e. The smallest absolute Gasteiger partial charge is 0.277 e. The van der Waals surface area contributed by atoms with Crippen LogP contribution < -0.4 is 10.2 Å². The van der Waals surface area contributed by atoms with Gasteiger partial charge in [-0.05, 0) is 38.0 Å². The van der Waals surface area contributed by atoms with Gasteiger partial charge in [0, 0.05) is 32.2 Å². The van der Waals surface area contributed by atoms with E-state index in [4.69, 9.17) is 9.26 Å². The first kappa shape index (κ1) is 21.8. The zero-order valence-corrected chi connectivity index (χ0v) is 18.5. The number of rotatable bonds is 5. The summed E-state index contributed by atoms with van der Waals surface area (Å²) in [7, 11) is -3.69. The minimum absolute atomic E-state index is 0.152. The molecule has 9 nitrogen and oxygen atoms in total. The number of sulfonamides is 1. The lowest BCUT2D eigenvalue weighted by atomic mass is 10.2. The first-order valence-corrected chi connectivity index (χ1v) is 12.1. The van der Waals surface area contributed by atoms with E-state index in [1.54, 1.807) is 31.2 Å². The van der Waals surface area contributed by atoms with Crippen molar-refractivity contribution in [3.63, 3.8) is 0 Å².